The Morgan fingerprint density at radius 3 is 2.68 bits per heavy atom. The van der Waals surface area contributed by atoms with Crippen LogP contribution >= 0.6 is 0 Å². The molecule has 9 heteroatoms. The van der Waals surface area contributed by atoms with Gasteiger partial charge in [0.05, 0.1) is 36.5 Å². The Balaban J connectivity index is 1.66. The first-order chi connectivity index (χ1) is 13.7. The number of anilines is 2. The third-order valence-electron chi connectivity index (χ3n) is 5.51. The summed E-state index contributed by atoms with van der Waals surface area (Å²) in [5, 5.41) is 5.64. The van der Waals surface area contributed by atoms with Crippen molar-refractivity contribution >= 4 is 22.8 Å². The van der Waals surface area contributed by atoms with Crippen LogP contribution in [0.15, 0.2) is 24.5 Å². The van der Waals surface area contributed by atoms with E-state index in [2.05, 4.69) is 26.5 Å². The van der Waals surface area contributed by atoms with Crippen molar-refractivity contribution in [1.29, 1.82) is 0 Å². The molecule has 28 heavy (non-hydrogen) atoms. The van der Waals surface area contributed by atoms with Crippen LogP contribution in [-0.4, -0.2) is 76.1 Å². The Morgan fingerprint density at radius 1 is 1.11 bits per heavy atom. The molecule has 1 atom stereocenters. The molecule has 2 aliphatic heterocycles. The number of nitrogen functional groups attached to an aromatic ring is 1. The number of hydrogen-bond acceptors (Lipinski definition) is 8. The van der Waals surface area contributed by atoms with Crippen LogP contribution in [0.4, 0.5) is 11.8 Å². The summed E-state index contributed by atoms with van der Waals surface area (Å²) in [6.07, 6.45) is 4.71. The van der Waals surface area contributed by atoms with Crippen LogP contribution in [0.25, 0.3) is 22.3 Å². The van der Waals surface area contributed by atoms with Crippen molar-refractivity contribution in [3.63, 3.8) is 0 Å². The maximum absolute atomic E-state index is 5.78. The van der Waals surface area contributed by atoms with E-state index in [9.17, 15) is 0 Å². The summed E-state index contributed by atoms with van der Waals surface area (Å²) in [4.78, 5) is 18.6. The van der Waals surface area contributed by atoms with Gasteiger partial charge in [0, 0.05) is 37.9 Å². The number of likely N-dealkylation sites (N-methyl/N-ethyl adjacent to an activating group) is 1. The molecule has 0 radical (unpaired) electrons. The molecule has 0 spiro atoms. The molecule has 3 aromatic heterocycles. The smallest absolute Gasteiger partial charge is 0.228 e. The average Bonchev–Trinajstić information content (AvgIpc) is 3.34. The minimum atomic E-state index is 0.326. The van der Waals surface area contributed by atoms with Crippen molar-refractivity contribution in [1.82, 2.24) is 29.6 Å². The van der Waals surface area contributed by atoms with Gasteiger partial charge in [-0.15, -0.1) is 0 Å². The van der Waals surface area contributed by atoms with Gasteiger partial charge < -0.3 is 20.3 Å². The lowest BCUT2D eigenvalue weighted by atomic mass is 10.1. The maximum atomic E-state index is 5.78. The van der Waals surface area contributed by atoms with Crippen LogP contribution in [-0.2, 0) is 4.74 Å². The quantitative estimate of drug-likeness (QED) is 0.723. The minimum absolute atomic E-state index is 0.326. The molecular weight excluding hydrogens is 356 g/mol. The highest BCUT2D eigenvalue weighted by Gasteiger charge is 2.26. The molecule has 9 nitrogen and oxygen atoms in total. The second-order valence-electron chi connectivity index (χ2n) is 7.47. The number of fused-ring (bicyclic) bond motifs is 1. The number of rotatable bonds is 3. The highest BCUT2D eigenvalue weighted by Crippen LogP contribution is 2.31. The topological polar surface area (TPSA) is 98.2 Å². The van der Waals surface area contributed by atoms with Crippen molar-refractivity contribution in [3.8, 4) is 11.3 Å². The number of morpholine rings is 1. The number of aromatic nitrogens is 5. The molecular formula is C19H24N8O. The van der Waals surface area contributed by atoms with Gasteiger partial charge in [0.2, 0.25) is 5.95 Å². The summed E-state index contributed by atoms with van der Waals surface area (Å²) in [5.74, 6) is 1.21. The van der Waals surface area contributed by atoms with Crippen molar-refractivity contribution in [2.24, 2.45) is 0 Å². The van der Waals surface area contributed by atoms with Crippen LogP contribution in [0.1, 0.15) is 12.5 Å². The zero-order valence-electron chi connectivity index (χ0n) is 16.0. The number of ether oxygens (including phenoxy) is 1. The van der Waals surface area contributed by atoms with Gasteiger partial charge in [-0.3, -0.25) is 0 Å². The molecule has 1 unspecified atom stereocenters. The molecule has 2 saturated heterocycles. The first kappa shape index (κ1) is 17.3. The maximum Gasteiger partial charge on any atom is 0.228 e. The molecule has 2 fully saturated rings. The number of nitrogens with two attached hydrogens (primary N) is 1. The summed E-state index contributed by atoms with van der Waals surface area (Å²) in [5.41, 5.74) is 8.42. The Bertz CT molecular complexity index is 980. The van der Waals surface area contributed by atoms with E-state index in [1.54, 1.807) is 12.3 Å². The summed E-state index contributed by atoms with van der Waals surface area (Å²) < 4.78 is 7.56. The van der Waals surface area contributed by atoms with Gasteiger partial charge in [-0.25, -0.2) is 14.6 Å². The van der Waals surface area contributed by atoms with E-state index in [4.69, 9.17) is 25.5 Å². The largest absolute Gasteiger partial charge is 0.384 e. The number of pyridine rings is 1. The van der Waals surface area contributed by atoms with E-state index in [1.165, 1.54) is 0 Å². The molecule has 146 valence electrons. The monoisotopic (exact) mass is 380 g/mol. The normalized spacial score (nSPS) is 20.9. The molecule has 0 amide bonds. The molecule has 0 aromatic carbocycles. The van der Waals surface area contributed by atoms with Crippen LogP contribution < -0.4 is 10.6 Å². The minimum Gasteiger partial charge on any atom is -0.384 e. The van der Waals surface area contributed by atoms with Crippen LogP contribution in [0.3, 0.4) is 0 Å². The van der Waals surface area contributed by atoms with Crippen molar-refractivity contribution in [2.45, 2.75) is 12.5 Å². The molecule has 3 aromatic rings. The molecule has 5 rings (SSSR count). The van der Waals surface area contributed by atoms with E-state index in [1.807, 2.05) is 12.3 Å². The third kappa shape index (κ3) is 3.06. The fraction of sp³-hybridized carbons (Fsp3) is 0.474. The SMILES string of the molecule is CN1CCC(n2ncc3c(-c4ccc(N)nc4)nc(N4CCOCC4)nc32)C1. The first-order valence-corrected chi connectivity index (χ1v) is 9.67. The van der Waals surface area contributed by atoms with E-state index >= 15 is 0 Å². The molecule has 0 bridgehead atoms. The highest BCUT2D eigenvalue weighted by atomic mass is 16.5. The second-order valence-corrected chi connectivity index (χ2v) is 7.47. The number of likely N-dealkylation sites (tertiary alicyclic amines) is 1. The number of nitrogens with zero attached hydrogens (tertiary/aromatic N) is 7. The van der Waals surface area contributed by atoms with E-state index < -0.39 is 0 Å². The Labute approximate surface area is 163 Å². The number of hydrogen-bond donors (Lipinski definition) is 1. The van der Waals surface area contributed by atoms with Crippen molar-refractivity contribution < 1.29 is 4.74 Å². The van der Waals surface area contributed by atoms with Crippen LogP contribution in [0, 0.1) is 0 Å². The van der Waals surface area contributed by atoms with Gasteiger partial charge in [0.15, 0.2) is 5.65 Å². The fourth-order valence-corrected chi connectivity index (χ4v) is 3.96. The van der Waals surface area contributed by atoms with Gasteiger partial charge >= 0.3 is 0 Å². The zero-order valence-corrected chi connectivity index (χ0v) is 16.0. The lowest BCUT2D eigenvalue weighted by Gasteiger charge is -2.27. The van der Waals surface area contributed by atoms with E-state index in [0.717, 1.165) is 60.8 Å². The van der Waals surface area contributed by atoms with Gasteiger partial charge in [0.25, 0.3) is 0 Å². The van der Waals surface area contributed by atoms with Crippen LogP contribution in [0.5, 0.6) is 0 Å². The lowest BCUT2D eigenvalue weighted by molar-refractivity contribution is 0.122. The van der Waals surface area contributed by atoms with Gasteiger partial charge in [-0.2, -0.15) is 10.1 Å². The second kappa shape index (κ2) is 6.99. The first-order valence-electron chi connectivity index (χ1n) is 9.67. The summed E-state index contributed by atoms with van der Waals surface area (Å²) >= 11 is 0. The average molecular weight is 380 g/mol. The van der Waals surface area contributed by atoms with E-state index in [0.29, 0.717) is 25.1 Å². The third-order valence-corrected chi connectivity index (χ3v) is 5.51. The summed E-state index contributed by atoms with van der Waals surface area (Å²) in [7, 11) is 2.14. The molecule has 0 aliphatic carbocycles. The van der Waals surface area contributed by atoms with Gasteiger partial charge in [0.1, 0.15) is 5.82 Å². The molecule has 5 heterocycles. The zero-order chi connectivity index (χ0) is 19.1. The van der Waals surface area contributed by atoms with E-state index in [-0.39, 0.29) is 0 Å². The summed E-state index contributed by atoms with van der Waals surface area (Å²) in [6, 6.07) is 4.08. The predicted molar refractivity (Wildman–Crippen MR) is 107 cm³/mol. The standard InChI is InChI=1S/C19H24N8O/c1-25-5-4-14(12-25)27-18-15(11-22-27)17(13-2-3-16(20)21-10-13)23-19(24-18)26-6-8-28-9-7-26/h2-3,10-11,14H,4-9,12H2,1H3,(H2,20,21). The Kier molecular flexibility index (Phi) is 4.33. The van der Waals surface area contributed by atoms with Gasteiger partial charge in [-0.1, -0.05) is 0 Å². The lowest BCUT2D eigenvalue weighted by Crippen LogP contribution is -2.37. The van der Waals surface area contributed by atoms with Crippen LogP contribution in [0.2, 0.25) is 0 Å². The fourth-order valence-electron chi connectivity index (χ4n) is 3.96. The van der Waals surface area contributed by atoms with Crippen molar-refractivity contribution in [2.75, 3.05) is 57.1 Å². The molecule has 2 N–H and O–H groups in total. The summed E-state index contributed by atoms with van der Waals surface area (Å²) in [6.45, 7) is 4.99. The molecule has 2 aliphatic rings. The molecule has 0 saturated carbocycles. The Morgan fingerprint density at radius 2 is 1.96 bits per heavy atom. The predicted octanol–water partition coefficient (Wildman–Crippen LogP) is 1.18. The van der Waals surface area contributed by atoms with Gasteiger partial charge in [-0.05, 0) is 25.6 Å². The van der Waals surface area contributed by atoms with Crippen molar-refractivity contribution in [3.05, 3.63) is 24.5 Å². The Hall–Kier alpha value is -2.78. The highest BCUT2D eigenvalue weighted by molar-refractivity contribution is 5.91.